The van der Waals surface area contributed by atoms with E-state index < -0.39 is 0 Å². The second-order valence-corrected chi connectivity index (χ2v) is 3.62. The minimum absolute atomic E-state index is 0.00903. The molecule has 0 saturated heterocycles. The zero-order valence-electron chi connectivity index (χ0n) is 10.6. The molecule has 0 aliphatic heterocycles. The van der Waals surface area contributed by atoms with Gasteiger partial charge in [0, 0.05) is 33.5 Å². The number of ether oxygens (including phenoxy) is 2. The van der Waals surface area contributed by atoms with Crippen molar-refractivity contribution in [3.63, 3.8) is 0 Å². The summed E-state index contributed by atoms with van der Waals surface area (Å²) in [6.07, 6.45) is 3.44. The minimum Gasteiger partial charge on any atom is -0.382 e. The van der Waals surface area contributed by atoms with E-state index in [0.29, 0.717) is 19.7 Å². The number of rotatable bonds is 8. The molecule has 0 aliphatic rings. The molecule has 0 spiro atoms. The maximum atomic E-state index is 5.24. The van der Waals surface area contributed by atoms with Crippen molar-refractivity contribution in [3.05, 3.63) is 18.1 Å². The maximum absolute atomic E-state index is 5.24. The van der Waals surface area contributed by atoms with Crippen LogP contribution < -0.4 is 10.6 Å². The fourth-order valence-electron chi connectivity index (χ4n) is 1.37. The molecule has 17 heavy (non-hydrogen) atoms. The summed E-state index contributed by atoms with van der Waals surface area (Å²) in [5, 5.41) is 6.21. The van der Waals surface area contributed by atoms with Gasteiger partial charge in [0.25, 0.3) is 0 Å². The van der Waals surface area contributed by atoms with Crippen molar-refractivity contribution >= 4 is 5.82 Å². The van der Waals surface area contributed by atoms with Crippen LogP contribution in [-0.2, 0) is 16.0 Å². The topological polar surface area (TPSA) is 68.3 Å². The van der Waals surface area contributed by atoms with E-state index in [-0.39, 0.29) is 6.10 Å². The Labute approximate surface area is 102 Å². The zero-order valence-corrected chi connectivity index (χ0v) is 10.6. The van der Waals surface area contributed by atoms with Crippen molar-refractivity contribution < 1.29 is 9.47 Å². The van der Waals surface area contributed by atoms with Gasteiger partial charge in [0.1, 0.15) is 5.82 Å². The van der Waals surface area contributed by atoms with Crippen molar-refractivity contribution in [1.82, 2.24) is 15.3 Å². The number of hydrogen-bond donors (Lipinski definition) is 2. The van der Waals surface area contributed by atoms with E-state index in [1.807, 2.05) is 7.05 Å². The molecule has 6 nitrogen and oxygen atoms in total. The molecule has 0 bridgehead atoms. The molecule has 0 fully saturated rings. The van der Waals surface area contributed by atoms with Crippen LogP contribution in [0.3, 0.4) is 0 Å². The molecular formula is C11H20N4O2. The molecule has 1 atom stereocenters. The Kier molecular flexibility index (Phi) is 6.46. The molecule has 0 aromatic carbocycles. The number of hydrogen-bond acceptors (Lipinski definition) is 6. The fraction of sp³-hybridized carbons (Fsp3) is 0.636. The maximum Gasteiger partial charge on any atom is 0.144 e. The zero-order chi connectivity index (χ0) is 12.5. The second kappa shape index (κ2) is 7.94. The summed E-state index contributed by atoms with van der Waals surface area (Å²) in [6, 6.07) is 0. The summed E-state index contributed by atoms with van der Waals surface area (Å²) in [5.74, 6) is 0.746. The molecule has 2 N–H and O–H groups in total. The Morgan fingerprint density at radius 2 is 2.18 bits per heavy atom. The molecule has 1 aromatic rings. The van der Waals surface area contributed by atoms with Crippen LogP contribution in [0.1, 0.15) is 5.69 Å². The van der Waals surface area contributed by atoms with Crippen LogP contribution >= 0.6 is 0 Å². The fourth-order valence-corrected chi connectivity index (χ4v) is 1.37. The van der Waals surface area contributed by atoms with Crippen LogP contribution in [0.15, 0.2) is 12.4 Å². The van der Waals surface area contributed by atoms with Gasteiger partial charge in [-0.15, -0.1) is 0 Å². The molecule has 1 heterocycles. The smallest absolute Gasteiger partial charge is 0.144 e. The number of nitrogens with one attached hydrogen (secondary N) is 2. The third-order valence-corrected chi connectivity index (χ3v) is 2.24. The quantitative estimate of drug-likeness (QED) is 0.680. The summed E-state index contributed by atoms with van der Waals surface area (Å²) >= 11 is 0. The molecule has 0 aliphatic carbocycles. The highest BCUT2D eigenvalue weighted by Gasteiger charge is 2.07. The van der Waals surface area contributed by atoms with Crippen molar-refractivity contribution in [1.29, 1.82) is 0 Å². The highest BCUT2D eigenvalue weighted by molar-refractivity contribution is 5.31. The van der Waals surface area contributed by atoms with Crippen LogP contribution in [0.5, 0.6) is 0 Å². The van der Waals surface area contributed by atoms with Gasteiger partial charge in [-0.05, 0) is 7.05 Å². The normalized spacial score (nSPS) is 12.4. The van der Waals surface area contributed by atoms with Crippen LogP contribution in [-0.4, -0.2) is 50.5 Å². The van der Waals surface area contributed by atoms with E-state index in [1.165, 1.54) is 0 Å². The van der Waals surface area contributed by atoms with Gasteiger partial charge >= 0.3 is 0 Å². The number of methoxy groups -OCH3 is 2. The highest BCUT2D eigenvalue weighted by Crippen LogP contribution is 2.03. The van der Waals surface area contributed by atoms with Crippen LogP contribution in [0.25, 0.3) is 0 Å². The van der Waals surface area contributed by atoms with E-state index >= 15 is 0 Å². The van der Waals surface area contributed by atoms with Crippen LogP contribution in [0, 0.1) is 0 Å². The van der Waals surface area contributed by atoms with Gasteiger partial charge in [0.2, 0.25) is 0 Å². The van der Waals surface area contributed by atoms with E-state index in [2.05, 4.69) is 20.6 Å². The van der Waals surface area contributed by atoms with E-state index in [0.717, 1.165) is 11.5 Å². The summed E-state index contributed by atoms with van der Waals surface area (Å²) in [4.78, 5) is 8.51. The molecule has 1 unspecified atom stereocenters. The number of anilines is 1. The second-order valence-electron chi connectivity index (χ2n) is 3.62. The lowest BCUT2D eigenvalue weighted by Gasteiger charge is -2.15. The lowest BCUT2D eigenvalue weighted by Crippen LogP contribution is -2.27. The first-order valence-corrected chi connectivity index (χ1v) is 5.51. The summed E-state index contributed by atoms with van der Waals surface area (Å²) in [6.45, 7) is 1.89. The molecule has 1 aromatic heterocycles. The number of nitrogens with zero attached hydrogens (tertiary/aromatic N) is 2. The third-order valence-electron chi connectivity index (χ3n) is 2.24. The predicted molar refractivity (Wildman–Crippen MR) is 66.0 cm³/mol. The van der Waals surface area contributed by atoms with Gasteiger partial charge in [-0.2, -0.15) is 0 Å². The molecule has 0 radical (unpaired) electrons. The average Bonchev–Trinajstić information content (AvgIpc) is 2.35. The van der Waals surface area contributed by atoms with Crippen molar-refractivity contribution in [2.45, 2.75) is 12.6 Å². The van der Waals surface area contributed by atoms with Crippen LogP contribution in [0.4, 0.5) is 5.82 Å². The van der Waals surface area contributed by atoms with E-state index in [4.69, 9.17) is 9.47 Å². The van der Waals surface area contributed by atoms with Crippen molar-refractivity contribution in [2.75, 3.05) is 39.7 Å². The minimum atomic E-state index is 0.00903. The Hall–Kier alpha value is -1.24. The van der Waals surface area contributed by atoms with E-state index in [9.17, 15) is 0 Å². The summed E-state index contributed by atoms with van der Waals surface area (Å²) in [5.41, 5.74) is 0.901. The first kappa shape index (κ1) is 13.8. The number of aromatic nitrogens is 2. The van der Waals surface area contributed by atoms with Gasteiger partial charge in [-0.25, -0.2) is 4.98 Å². The molecule has 6 heteroatoms. The van der Waals surface area contributed by atoms with Crippen LogP contribution in [0.2, 0.25) is 0 Å². The standard InChI is InChI=1S/C11H20N4O2/c1-12-4-9-5-13-7-11(15-9)14-6-10(17-3)8-16-2/h5,7,10,12H,4,6,8H2,1-3H3,(H,14,15). The SMILES string of the molecule is CNCc1cncc(NCC(COC)OC)n1. The Morgan fingerprint density at radius 1 is 1.35 bits per heavy atom. The largest absolute Gasteiger partial charge is 0.382 e. The van der Waals surface area contributed by atoms with Gasteiger partial charge in [-0.3, -0.25) is 4.98 Å². The molecule has 0 amide bonds. The molecule has 0 saturated carbocycles. The summed E-state index contributed by atoms with van der Waals surface area (Å²) in [7, 11) is 5.19. The Balaban J connectivity index is 2.47. The van der Waals surface area contributed by atoms with E-state index in [1.54, 1.807) is 26.6 Å². The first-order chi connectivity index (χ1) is 8.30. The monoisotopic (exact) mass is 240 g/mol. The Bertz CT molecular complexity index is 322. The molecule has 1 rings (SSSR count). The lowest BCUT2D eigenvalue weighted by atomic mass is 10.3. The van der Waals surface area contributed by atoms with Crippen molar-refractivity contribution in [2.24, 2.45) is 0 Å². The third kappa shape index (κ3) is 5.08. The highest BCUT2D eigenvalue weighted by atomic mass is 16.5. The van der Waals surface area contributed by atoms with Gasteiger partial charge in [-0.1, -0.05) is 0 Å². The Morgan fingerprint density at radius 3 is 2.82 bits per heavy atom. The molecular weight excluding hydrogens is 220 g/mol. The molecule has 96 valence electrons. The average molecular weight is 240 g/mol. The predicted octanol–water partition coefficient (Wildman–Crippen LogP) is 0.269. The summed E-state index contributed by atoms with van der Waals surface area (Å²) < 4.78 is 10.3. The van der Waals surface area contributed by atoms with Gasteiger partial charge in [0.05, 0.1) is 24.6 Å². The van der Waals surface area contributed by atoms with Gasteiger partial charge in [0.15, 0.2) is 0 Å². The van der Waals surface area contributed by atoms with Gasteiger partial charge < -0.3 is 20.1 Å². The lowest BCUT2D eigenvalue weighted by molar-refractivity contribution is 0.0365. The first-order valence-electron chi connectivity index (χ1n) is 5.51. The van der Waals surface area contributed by atoms with Crippen molar-refractivity contribution in [3.8, 4) is 0 Å².